The van der Waals surface area contributed by atoms with Gasteiger partial charge in [-0.15, -0.1) is 0 Å². The lowest BCUT2D eigenvalue weighted by atomic mass is 10.2. The molecular weight excluding hydrogens is 280 g/mol. The standard InChI is InChI=1S/C12H14N4O5/c1-7-11(20)13-8(17)5-16(7)10(19)6-15-4-3-9(18)14(2)12(15)21/h3-4,7H,5-6H2,1-2H3,(H,13,17,20). The summed E-state index contributed by atoms with van der Waals surface area (Å²) >= 11 is 0. The normalized spacial score (nSPS) is 18.6. The maximum Gasteiger partial charge on any atom is 0.331 e. The highest BCUT2D eigenvalue weighted by Crippen LogP contribution is 2.05. The van der Waals surface area contributed by atoms with E-state index < -0.39 is 35.0 Å². The minimum atomic E-state index is -0.793. The maximum absolute atomic E-state index is 12.2. The quantitative estimate of drug-likeness (QED) is 0.602. The molecule has 3 amide bonds. The summed E-state index contributed by atoms with van der Waals surface area (Å²) in [6.45, 7) is 0.896. The number of carbonyl (C=O) groups excluding carboxylic acids is 3. The zero-order valence-corrected chi connectivity index (χ0v) is 11.5. The molecule has 1 N–H and O–H groups in total. The molecule has 0 radical (unpaired) electrons. The van der Waals surface area contributed by atoms with Crippen LogP contribution in [0, 0.1) is 0 Å². The molecule has 0 aromatic carbocycles. The first-order chi connectivity index (χ1) is 9.81. The molecule has 1 fully saturated rings. The number of carbonyl (C=O) groups is 3. The summed E-state index contributed by atoms with van der Waals surface area (Å²) in [6, 6.07) is 0.366. The Balaban J connectivity index is 2.24. The van der Waals surface area contributed by atoms with Crippen molar-refractivity contribution >= 4 is 17.7 Å². The molecule has 0 spiro atoms. The van der Waals surface area contributed by atoms with Crippen LogP contribution in [0.15, 0.2) is 21.9 Å². The molecule has 1 unspecified atom stereocenters. The second kappa shape index (κ2) is 5.35. The van der Waals surface area contributed by atoms with Gasteiger partial charge in [0, 0.05) is 19.3 Å². The number of rotatable bonds is 2. The first kappa shape index (κ1) is 14.7. The molecule has 2 heterocycles. The monoisotopic (exact) mass is 294 g/mol. The van der Waals surface area contributed by atoms with Crippen LogP contribution < -0.4 is 16.6 Å². The average molecular weight is 294 g/mol. The van der Waals surface area contributed by atoms with Crippen molar-refractivity contribution in [3.8, 4) is 0 Å². The van der Waals surface area contributed by atoms with Crippen LogP contribution in [0.25, 0.3) is 0 Å². The number of nitrogens with zero attached hydrogens (tertiary/aromatic N) is 3. The van der Waals surface area contributed by atoms with Crippen molar-refractivity contribution in [1.82, 2.24) is 19.4 Å². The summed E-state index contributed by atoms with van der Waals surface area (Å²) in [4.78, 5) is 59.2. The molecule has 1 aliphatic rings. The van der Waals surface area contributed by atoms with E-state index in [0.29, 0.717) is 0 Å². The highest BCUT2D eigenvalue weighted by Gasteiger charge is 2.33. The summed E-state index contributed by atoms with van der Waals surface area (Å²) in [6.07, 6.45) is 1.21. The van der Waals surface area contributed by atoms with Gasteiger partial charge in [-0.05, 0) is 6.92 Å². The van der Waals surface area contributed by atoms with E-state index in [1.165, 1.54) is 20.2 Å². The summed E-state index contributed by atoms with van der Waals surface area (Å²) in [5.74, 6) is -1.68. The van der Waals surface area contributed by atoms with Crippen molar-refractivity contribution in [2.45, 2.75) is 19.5 Å². The minimum absolute atomic E-state index is 0.244. The van der Waals surface area contributed by atoms with Gasteiger partial charge in [-0.1, -0.05) is 0 Å². The molecule has 1 atom stereocenters. The minimum Gasteiger partial charge on any atom is -0.320 e. The van der Waals surface area contributed by atoms with Crippen LogP contribution in [0.3, 0.4) is 0 Å². The molecule has 9 nitrogen and oxygen atoms in total. The maximum atomic E-state index is 12.2. The summed E-state index contributed by atoms with van der Waals surface area (Å²) in [7, 11) is 1.30. The molecule has 2 rings (SSSR count). The average Bonchev–Trinajstić information content (AvgIpc) is 2.43. The van der Waals surface area contributed by atoms with Crippen molar-refractivity contribution in [3.05, 3.63) is 33.1 Å². The Morgan fingerprint density at radius 2 is 2.00 bits per heavy atom. The van der Waals surface area contributed by atoms with Crippen LogP contribution in [-0.4, -0.2) is 44.3 Å². The van der Waals surface area contributed by atoms with Crippen LogP contribution >= 0.6 is 0 Å². The fourth-order valence-electron chi connectivity index (χ4n) is 1.99. The van der Waals surface area contributed by atoms with Crippen molar-refractivity contribution in [1.29, 1.82) is 0 Å². The fourth-order valence-corrected chi connectivity index (χ4v) is 1.99. The Bertz CT molecular complexity index is 732. The molecule has 1 aliphatic heterocycles. The van der Waals surface area contributed by atoms with Crippen molar-refractivity contribution < 1.29 is 14.4 Å². The summed E-state index contributed by atoms with van der Waals surface area (Å²) in [5, 5.41) is 2.12. The number of aromatic nitrogens is 2. The van der Waals surface area contributed by atoms with Gasteiger partial charge in [0.2, 0.25) is 17.7 Å². The van der Waals surface area contributed by atoms with E-state index in [1.807, 2.05) is 0 Å². The van der Waals surface area contributed by atoms with Crippen LogP contribution in [0.1, 0.15) is 6.92 Å². The molecule has 1 aromatic rings. The number of amides is 3. The highest BCUT2D eigenvalue weighted by molar-refractivity contribution is 6.04. The van der Waals surface area contributed by atoms with E-state index in [0.717, 1.165) is 20.1 Å². The third-order valence-electron chi connectivity index (χ3n) is 3.31. The number of hydrogen-bond acceptors (Lipinski definition) is 5. The third kappa shape index (κ3) is 2.76. The lowest BCUT2D eigenvalue weighted by Crippen LogP contribution is -2.59. The molecule has 0 aliphatic carbocycles. The largest absolute Gasteiger partial charge is 0.331 e. The van der Waals surface area contributed by atoms with Crippen molar-refractivity contribution in [3.63, 3.8) is 0 Å². The Hall–Kier alpha value is -2.71. The first-order valence-corrected chi connectivity index (χ1v) is 6.21. The van der Waals surface area contributed by atoms with E-state index in [2.05, 4.69) is 5.32 Å². The van der Waals surface area contributed by atoms with Crippen LogP contribution in [0.2, 0.25) is 0 Å². The lowest BCUT2D eigenvalue weighted by Gasteiger charge is -2.31. The van der Waals surface area contributed by atoms with Gasteiger partial charge in [-0.2, -0.15) is 0 Å². The van der Waals surface area contributed by atoms with Gasteiger partial charge in [0.15, 0.2) is 0 Å². The van der Waals surface area contributed by atoms with Gasteiger partial charge in [0.25, 0.3) is 5.56 Å². The smallest absolute Gasteiger partial charge is 0.320 e. The zero-order chi connectivity index (χ0) is 15.7. The SMILES string of the molecule is CC1C(=O)NC(=O)CN1C(=O)Cn1ccc(=O)n(C)c1=O. The Labute approximate surface area is 118 Å². The van der Waals surface area contributed by atoms with Crippen molar-refractivity contribution in [2.75, 3.05) is 6.54 Å². The summed E-state index contributed by atoms with van der Waals surface area (Å²) < 4.78 is 1.91. The molecule has 9 heteroatoms. The summed E-state index contributed by atoms with van der Waals surface area (Å²) in [5.41, 5.74) is -1.12. The Morgan fingerprint density at radius 1 is 1.33 bits per heavy atom. The van der Waals surface area contributed by atoms with Crippen molar-refractivity contribution in [2.24, 2.45) is 7.05 Å². The third-order valence-corrected chi connectivity index (χ3v) is 3.31. The molecule has 1 aromatic heterocycles. The second-order valence-electron chi connectivity index (χ2n) is 4.73. The fraction of sp³-hybridized carbons (Fsp3) is 0.417. The molecule has 21 heavy (non-hydrogen) atoms. The Kier molecular flexibility index (Phi) is 3.74. The van der Waals surface area contributed by atoms with E-state index in [-0.39, 0.29) is 13.1 Å². The molecular formula is C12H14N4O5. The van der Waals surface area contributed by atoms with Gasteiger partial charge in [-0.25, -0.2) is 4.79 Å². The van der Waals surface area contributed by atoms with Crippen LogP contribution in [0.4, 0.5) is 0 Å². The molecule has 0 saturated carbocycles. The predicted molar refractivity (Wildman–Crippen MR) is 70.3 cm³/mol. The molecule has 112 valence electrons. The molecule has 0 bridgehead atoms. The van der Waals surface area contributed by atoms with Gasteiger partial charge < -0.3 is 4.90 Å². The van der Waals surface area contributed by atoms with E-state index >= 15 is 0 Å². The van der Waals surface area contributed by atoms with Gasteiger partial charge >= 0.3 is 5.69 Å². The number of hydrogen-bond donors (Lipinski definition) is 1. The predicted octanol–water partition coefficient (Wildman–Crippen LogP) is -2.58. The van der Waals surface area contributed by atoms with Crippen LogP contribution in [0.5, 0.6) is 0 Å². The number of imide groups is 1. The van der Waals surface area contributed by atoms with E-state index in [1.54, 1.807) is 0 Å². The topological polar surface area (TPSA) is 110 Å². The number of nitrogens with one attached hydrogen (secondary N) is 1. The number of piperazine rings is 1. The Morgan fingerprint density at radius 3 is 2.67 bits per heavy atom. The highest BCUT2D eigenvalue weighted by atomic mass is 16.2. The van der Waals surface area contributed by atoms with E-state index in [9.17, 15) is 24.0 Å². The van der Waals surface area contributed by atoms with E-state index in [4.69, 9.17) is 0 Å². The van der Waals surface area contributed by atoms with Gasteiger partial charge in [0.1, 0.15) is 19.1 Å². The lowest BCUT2D eigenvalue weighted by molar-refractivity contribution is -0.149. The first-order valence-electron chi connectivity index (χ1n) is 6.21. The zero-order valence-electron chi connectivity index (χ0n) is 11.5. The van der Waals surface area contributed by atoms with Crippen LogP contribution in [-0.2, 0) is 28.0 Å². The van der Waals surface area contributed by atoms with Gasteiger partial charge in [0.05, 0.1) is 0 Å². The van der Waals surface area contributed by atoms with Gasteiger partial charge in [-0.3, -0.25) is 33.6 Å². The molecule has 1 saturated heterocycles. The second-order valence-corrected chi connectivity index (χ2v) is 4.73.